The van der Waals surface area contributed by atoms with E-state index in [9.17, 15) is 23.1 Å². The SMILES string of the molecule is CC(C)N(CC(F)(F)F)C(=O)C(C)(C)O. The molecular formula is C9H16F3NO2. The van der Waals surface area contributed by atoms with Crippen molar-refractivity contribution < 1.29 is 23.1 Å². The molecule has 90 valence electrons. The minimum Gasteiger partial charge on any atom is -0.381 e. The van der Waals surface area contributed by atoms with Crippen LogP contribution in [0.5, 0.6) is 0 Å². The topological polar surface area (TPSA) is 40.5 Å². The molecule has 0 radical (unpaired) electrons. The van der Waals surface area contributed by atoms with Gasteiger partial charge in [-0.3, -0.25) is 4.79 Å². The monoisotopic (exact) mass is 227 g/mol. The third-order valence-electron chi connectivity index (χ3n) is 1.76. The van der Waals surface area contributed by atoms with E-state index >= 15 is 0 Å². The first-order valence-electron chi connectivity index (χ1n) is 4.55. The maximum Gasteiger partial charge on any atom is 0.406 e. The number of rotatable bonds is 3. The highest BCUT2D eigenvalue weighted by molar-refractivity contribution is 5.84. The van der Waals surface area contributed by atoms with Crippen molar-refractivity contribution in [2.24, 2.45) is 0 Å². The smallest absolute Gasteiger partial charge is 0.381 e. The third-order valence-corrected chi connectivity index (χ3v) is 1.76. The lowest BCUT2D eigenvalue weighted by molar-refractivity contribution is -0.174. The first-order valence-corrected chi connectivity index (χ1v) is 4.55. The molecule has 0 aromatic carbocycles. The van der Waals surface area contributed by atoms with Crippen molar-refractivity contribution in [3.63, 3.8) is 0 Å². The summed E-state index contributed by atoms with van der Waals surface area (Å²) < 4.78 is 36.4. The Morgan fingerprint density at radius 1 is 1.33 bits per heavy atom. The molecule has 0 saturated carbocycles. The van der Waals surface area contributed by atoms with Crippen molar-refractivity contribution in [1.82, 2.24) is 4.90 Å². The van der Waals surface area contributed by atoms with Gasteiger partial charge in [-0.25, -0.2) is 0 Å². The van der Waals surface area contributed by atoms with Gasteiger partial charge in [0, 0.05) is 6.04 Å². The van der Waals surface area contributed by atoms with Crippen molar-refractivity contribution in [3.05, 3.63) is 0 Å². The number of carbonyl (C=O) groups is 1. The molecule has 0 atom stereocenters. The molecule has 6 heteroatoms. The Morgan fingerprint density at radius 3 is 1.93 bits per heavy atom. The summed E-state index contributed by atoms with van der Waals surface area (Å²) in [5.74, 6) is -0.921. The molecule has 1 N–H and O–H groups in total. The summed E-state index contributed by atoms with van der Waals surface area (Å²) in [5.41, 5.74) is -1.78. The summed E-state index contributed by atoms with van der Waals surface area (Å²) in [6, 6.07) is -0.606. The van der Waals surface area contributed by atoms with Crippen LogP contribution in [0.15, 0.2) is 0 Å². The first kappa shape index (κ1) is 14.2. The maximum atomic E-state index is 12.1. The minimum absolute atomic E-state index is 0.606. The highest BCUT2D eigenvalue weighted by atomic mass is 19.4. The molecule has 0 aliphatic heterocycles. The summed E-state index contributed by atoms with van der Waals surface area (Å²) in [7, 11) is 0. The summed E-state index contributed by atoms with van der Waals surface area (Å²) in [5, 5.41) is 9.34. The second-order valence-corrected chi connectivity index (χ2v) is 4.20. The first-order chi connectivity index (χ1) is 6.45. The highest BCUT2D eigenvalue weighted by Crippen LogP contribution is 2.20. The number of hydrogen-bond acceptors (Lipinski definition) is 2. The number of carbonyl (C=O) groups excluding carboxylic acids is 1. The lowest BCUT2D eigenvalue weighted by Crippen LogP contribution is -2.51. The lowest BCUT2D eigenvalue weighted by atomic mass is 10.1. The second kappa shape index (κ2) is 4.38. The van der Waals surface area contributed by atoms with Crippen molar-refractivity contribution in [1.29, 1.82) is 0 Å². The van der Waals surface area contributed by atoms with E-state index in [1.807, 2.05) is 0 Å². The van der Waals surface area contributed by atoms with E-state index in [1.165, 1.54) is 27.7 Å². The van der Waals surface area contributed by atoms with Crippen molar-refractivity contribution in [2.75, 3.05) is 6.54 Å². The maximum absolute atomic E-state index is 12.1. The predicted octanol–water partition coefficient (Wildman–Crippen LogP) is 1.56. The molecule has 0 rings (SSSR count). The van der Waals surface area contributed by atoms with Crippen molar-refractivity contribution in [3.8, 4) is 0 Å². The quantitative estimate of drug-likeness (QED) is 0.794. The molecule has 0 aromatic heterocycles. The number of amides is 1. The summed E-state index contributed by atoms with van der Waals surface area (Å²) in [6.45, 7) is 3.93. The summed E-state index contributed by atoms with van der Waals surface area (Å²) in [6.07, 6.45) is -4.45. The molecule has 1 amide bonds. The fourth-order valence-electron chi connectivity index (χ4n) is 1.03. The molecule has 15 heavy (non-hydrogen) atoms. The van der Waals surface area contributed by atoms with Crippen LogP contribution in [0.4, 0.5) is 13.2 Å². The molecule has 0 aliphatic carbocycles. The van der Waals surface area contributed by atoms with Crippen LogP contribution in [0, 0.1) is 0 Å². The molecule has 0 aliphatic rings. The fourth-order valence-corrected chi connectivity index (χ4v) is 1.03. The largest absolute Gasteiger partial charge is 0.406 e. The van der Waals surface area contributed by atoms with E-state index in [-0.39, 0.29) is 0 Å². The van der Waals surface area contributed by atoms with Crippen molar-refractivity contribution >= 4 is 5.91 Å². The normalized spacial score (nSPS) is 13.1. The number of alkyl halides is 3. The van der Waals surface area contributed by atoms with Crippen LogP contribution < -0.4 is 0 Å². The van der Waals surface area contributed by atoms with E-state index in [4.69, 9.17) is 0 Å². The zero-order valence-electron chi connectivity index (χ0n) is 9.22. The van der Waals surface area contributed by atoms with Gasteiger partial charge in [0.2, 0.25) is 0 Å². The Hall–Kier alpha value is -0.780. The number of halogens is 3. The average molecular weight is 227 g/mol. The van der Waals surface area contributed by atoms with Gasteiger partial charge in [0.1, 0.15) is 12.1 Å². The van der Waals surface area contributed by atoms with Crippen LogP contribution in [0.3, 0.4) is 0 Å². The molecule has 3 nitrogen and oxygen atoms in total. The molecule has 0 bridgehead atoms. The van der Waals surface area contributed by atoms with Crippen molar-refractivity contribution in [2.45, 2.75) is 45.5 Å². The van der Waals surface area contributed by atoms with Crippen LogP contribution in [0.1, 0.15) is 27.7 Å². The van der Waals surface area contributed by atoms with Gasteiger partial charge in [0.25, 0.3) is 5.91 Å². The number of hydrogen-bond donors (Lipinski definition) is 1. The van der Waals surface area contributed by atoms with Gasteiger partial charge in [0.05, 0.1) is 0 Å². The highest BCUT2D eigenvalue weighted by Gasteiger charge is 2.38. The summed E-state index contributed by atoms with van der Waals surface area (Å²) >= 11 is 0. The average Bonchev–Trinajstić information content (AvgIpc) is 1.94. The van der Waals surface area contributed by atoms with Gasteiger partial charge in [-0.1, -0.05) is 0 Å². The Morgan fingerprint density at radius 2 is 1.73 bits per heavy atom. The van der Waals surface area contributed by atoms with Gasteiger partial charge in [-0.2, -0.15) is 13.2 Å². The van der Waals surface area contributed by atoms with E-state index in [1.54, 1.807) is 0 Å². The van der Waals surface area contributed by atoms with E-state index in [0.29, 0.717) is 4.90 Å². The van der Waals surface area contributed by atoms with E-state index < -0.39 is 30.3 Å². The van der Waals surface area contributed by atoms with Gasteiger partial charge in [0.15, 0.2) is 0 Å². The van der Waals surface area contributed by atoms with E-state index in [2.05, 4.69) is 0 Å². The van der Waals surface area contributed by atoms with Gasteiger partial charge in [-0.15, -0.1) is 0 Å². The Kier molecular flexibility index (Phi) is 4.16. The van der Waals surface area contributed by atoms with Crippen LogP contribution in [-0.4, -0.2) is 40.3 Å². The molecule has 0 unspecified atom stereocenters. The Balaban J connectivity index is 4.77. The molecule has 0 spiro atoms. The molecule has 0 aromatic rings. The van der Waals surface area contributed by atoms with Gasteiger partial charge < -0.3 is 10.0 Å². The van der Waals surface area contributed by atoms with Crippen LogP contribution in [0.25, 0.3) is 0 Å². The molecule has 0 fully saturated rings. The van der Waals surface area contributed by atoms with Crippen LogP contribution in [-0.2, 0) is 4.79 Å². The molecule has 0 heterocycles. The van der Waals surface area contributed by atoms with Crippen LogP contribution in [0.2, 0.25) is 0 Å². The van der Waals surface area contributed by atoms with Gasteiger partial charge >= 0.3 is 6.18 Å². The Labute approximate surface area is 86.9 Å². The zero-order chi connectivity index (χ0) is 12.4. The van der Waals surface area contributed by atoms with E-state index in [0.717, 1.165) is 0 Å². The minimum atomic E-state index is -4.45. The zero-order valence-corrected chi connectivity index (χ0v) is 9.22. The number of aliphatic hydroxyl groups is 1. The second-order valence-electron chi connectivity index (χ2n) is 4.20. The third kappa shape index (κ3) is 5.01. The Bertz CT molecular complexity index is 230. The number of nitrogens with zero attached hydrogens (tertiary/aromatic N) is 1. The lowest BCUT2D eigenvalue weighted by Gasteiger charge is -2.32. The molecule has 0 saturated heterocycles. The fraction of sp³-hybridized carbons (Fsp3) is 0.889. The van der Waals surface area contributed by atoms with Crippen LogP contribution >= 0.6 is 0 Å². The van der Waals surface area contributed by atoms with Gasteiger partial charge in [-0.05, 0) is 27.7 Å². The predicted molar refractivity (Wildman–Crippen MR) is 49.2 cm³/mol. The summed E-state index contributed by atoms with van der Waals surface area (Å²) in [4.78, 5) is 12.1. The molecular weight excluding hydrogens is 211 g/mol. The standard InChI is InChI=1S/C9H16F3NO2/c1-6(2)13(5-9(10,11)12)7(14)8(3,4)15/h6,15H,5H2,1-4H3.